The lowest BCUT2D eigenvalue weighted by Gasteiger charge is -2.37. The second-order valence-corrected chi connectivity index (χ2v) is 6.76. The number of halogens is 2. The normalized spacial score (nSPS) is 22.9. The molecule has 1 saturated carbocycles. The standard InChI is InChI=1S/C17H25BrFNO/c1-3-20-15(7-12-8-16(9-12)21-4-2)11-13-10-14(18)5-6-17(13)19/h5-6,10,12,15-16,20H,3-4,7-9,11H2,1-2H3. The predicted octanol–water partition coefficient (Wildman–Crippen LogP) is 4.31. The monoisotopic (exact) mass is 357 g/mol. The molecular weight excluding hydrogens is 333 g/mol. The molecule has 2 nitrogen and oxygen atoms in total. The van der Waals surface area contributed by atoms with Gasteiger partial charge in [-0.1, -0.05) is 22.9 Å². The highest BCUT2D eigenvalue weighted by Gasteiger charge is 2.31. The molecule has 1 aromatic carbocycles. The Hall–Kier alpha value is -0.450. The van der Waals surface area contributed by atoms with Gasteiger partial charge in [-0.15, -0.1) is 0 Å². The van der Waals surface area contributed by atoms with Gasteiger partial charge in [0.15, 0.2) is 0 Å². The van der Waals surface area contributed by atoms with Crippen LogP contribution in [0.4, 0.5) is 4.39 Å². The van der Waals surface area contributed by atoms with Crippen LogP contribution in [0.2, 0.25) is 0 Å². The lowest BCUT2D eigenvalue weighted by molar-refractivity contribution is -0.0290. The maximum Gasteiger partial charge on any atom is 0.126 e. The van der Waals surface area contributed by atoms with Crippen molar-refractivity contribution in [3.63, 3.8) is 0 Å². The van der Waals surface area contributed by atoms with Crippen LogP contribution < -0.4 is 5.32 Å². The first kappa shape index (κ1) is 16.9. The van der Waals surface area contributed by atoms with Gasteiger partial charge in [-0.05, 0) is 68.8 Å². The van der Waals surface area contributed by atoms with Crippen molar-refractivity contribution < 1.29 is 9.13 Å². The molecule has 4 heteroatoms. The molecule has 0 aliphatic heterocycles. The van der Waals surface area contributed by atoms with E-state index in [4.69, 9.17) is 4.74 Å². The molecule has 1 fully saturated rings. The Morgan fingerprint density at radius 1 is 1.38 bits per heavy atom. The van der Waals surface area contributed by atoms with Crippen molar-refractivity contribution >= 4 is 15.9 Å². The Balaban J connectivity index is 1.89. The van der Waals surface area contributed by atoms with E-state index in [-0.39, 0.29) is 5.82 Å². The third kappa shape index (κ3) is 5.04. The van der Waals surface area contributed by atoms with Crippen molar-refractivity contribution in [3.8, 4) is 0 Å². The Morgan fingerprint density at radius 2 is 2.14 bits per heavy atom. The zero-order valence-corrected chi connectivity index (χ0v) is 14.5. The second kappa shape index (κ2) is 8.25. The molecule has 2 rings (SSSR count). The molecule has 1 atom stereocenters. The third-order valence-corrected chi connectivity index (χ3v) is 4.67. The fourth-order valence-electron chi connectivity index (χ4n) is 3.13. The summed E-state index contributed by atoms with van der Waals surface area (Å²) in [5, 5.41) is 3.50. The average Bonchev–Trinajstić information content (AvgIpc) is 2.41. The highest BCUT2D eigenvalue weighted by atomic mass is 79.9. The van der Waals surface area contributed by atoms with Gasteiger partial charge in [0.05, 0.1) is 6.10 Å². The SMILES string of the molecule is CCNC(Cc1cc(Br)ccc1F)CC1CC(OCC)C1. The van der Waals surface area contributed by atoms with Gasteiger partial charge in [0.25, 0.3) is 0 Å². The van der Waals surface area contributed by atoms with Crippen molar-refractivity contribution in [1.29, 1.82) is 0 Å². The van der Waals surface area contributed by atoms with Gasteiger partial charge in [-0.3, -0.25) is 0 Å². The van der Waals surface area contributed by atoms with Crippen molar-refractivity contribution in [2.45, 2.75) is 51.7 Å². The first-order valence-corrected chi connectivity index (χ1v) is 8.70. The van der Waals surface area contributed by atoms with Crippen LogP contribution in [-0.2, 0) is 11.2 Å². The largest absolute Gasteiger partial charge is 0.378 e. The number of hydrogen-bond donors (Lipinski definition) is 1. The minimum atomic E-state index is -0.109. The maximum atomic E-state index is 13.9. The van der Waals surface area contributed by atoms with E-state index in [0.717, 1.165) is 48.9 Å². The Labute approximate surface area is 135 Å². The van der Waals surface area contributed by atoms with Gasteiger partial charge in [-0.25, -0.2) is 4.39 Å². The van der Waals surface area contributed by atoms with Crippen LogP contribution in [0.15, 0.2) is 22.7 Å². The molecule has 1 N–H and O–H groups in total. The number of ether oxygens (including phenoxy) is 1. The van der Waals surface area contributed by atoms with E-state index in [1.807, 2.05) is 13.0 Å². The Morgan fingerprint density at radius 3 is 2.81 bits per heavy atom. The van der Waals surface area contributed by atoms with E-state index in [0.29, 0.717) is 18.1 Å². The molecule has 0 spiro atoms. The first-order valence-electron chi connectivity index (χ1n) is 7.91. The number of rotatable bonds is 8. The van der Waals surface area contributed by atoms with Crippen LogP contribution in [-0.4, -0.2) is 25.3 Å². The van der Waals surface area contributed by atoms with Crippen LogP contribution >= 0.6 is 15.9 Å². The summed E-state index contributed by atoms with van der Waals surface area (Å²) in [5.41, 5.74) is 0.788. The molecular formula is C17H25BrFNO. The summed E-state index contributed by atoms with van der Waals surface area (Å²) in [5.74, 6) is 0.600. The van der Waals surface area contributed by atoms with E-state index in [1.165, 1.54) is 6.07 Å². The molecule has 1 aromatic rings. The predicted molar refractivity (Wildman–Crippen MR) is 88.0 cm³/mol. The van der Waals surface area contributed by atoms with Crippen LogP contribution in [0, 0.1) is 11.7 Å². The van der Waals surface area contributed by atoms with Gasteiger partial charge < -0.3 is 10.1 Å². The summed E-state index contributed by atoms with van der Waals surface area (Å²) in [6.07, 6.45) is 4.59. The van der Waals surface area contributed by atoms with E-state index in [1.54, 1.807) is 6.07 Å². The minimum absolute atomic E-state index is 0.109. The number of nitrogens with one attached hydrogen (secondary N) is 1. The molecule has 0 amide bonds. The summed E-state index contributed by atoms with van der Waals surface area (Å²) in [6.45, 7) is 5.87. The molecule has 0 aromatic heterocycles. The number of hydrogen-bond acceptors (Lipinski definition) is 2. The molecule has 1 aliphatic rings. The van der Waals surface area contributed by atoms with Crippen molar-refractivity contribution in [3.05, 3.63) is 34.1 Å². The lowest BCUT2D eigenvalue weighted by Crippen LogP contribution is -2.39. The van der Waals surface area contributed by atoms with Gasteiger partial charge in [0.2, 0.25) is 0 Å². The topological polar surface area (TPSA) is 21.3 Å². The second-order valence-electron chi connectivity index (χ2n) is 5.84. The van der Waals surface area contributed by atoms with Gasteiger partial charge in [-0.2, -0.15) is 0 Å². The van der Waals surface area contributed by atoms with Crippen molar-refractivity contribution in [1.82, 2.24) is 5.32 Å². The van der Waals surface area contributed by atoms with E-state index in [9.17, 15) is 4.39 Å². The van der Waals surface area contributed by atoms with Gasteiger partial charge in [0.1, 0.15) is 5.82 Å². The van der Waals surface area contributed by atoms with E-state index in [2.05, 4.69) is 28.2 Å². The van der Waals surface area contributed by atoms with Crippen LogP contribution in [0.5, 0.6) is 0 Å². The van der Waals surface area contributed by atoms with Crippen LogP contribution in [0.3, 0.4) is 0 Å². The van der Waals surface area contributed by atoms with Gasteiger partial charge in [0, 0.05) is 17.1 Å². The fraction of sp³-hybridized carbons (Fsp3) is 0.647. The smallest absolute Gasteiger partial charge is 0.126 e. The summed E-state index contributed by atoms with van der Waals surface area (Å²) in [4.78, 5) is 0. The first-order chi connectivity index (χ1) is 10.1. The molecule has 0 heterocycles. The van der Waals surface area contributed by atoms with E-state index >= 15 is 0 Å². The number of likely N-dealkylation sites (N-methyl/N-ethyl adjacent to an activating group) is 1. The fourth-order valence-corrected chi connectivity index (χ4v) is 3.54. The van der Waals surface area contributed by atoms with Crippen molar-refractivity contribution in [2.75, 3.05) is 13.2 Å². The quantitative estimate of drug-likeness (QED) is 0.748. The minimum Gasteiger partial charge on any atom is -0.378 e. The van der Waals surface area contributed by atoms with Crippen LogP contribution in [0.1, 0.15) is 38.7 Å². The molecule has 1 aliphatic carbocycles. The van der Waals surface area contributed by atoms with Gasteiger partial charge >= 0.3 is 0 Å². The van der Waals surface area contributed by atoms with Crippen LogP contribution in [0.25, 0.3) is 0 Å². The average molecular weight is 358 g/mol. The summed E-state index contributed by atoms with van der Waals surface area (Å²) < 4.78 is 20.5. The van der Waals surface area contributed by atoms with E-state index < -0.39 is 0 Å². The Bertz CT molecular complexity index is 448. The molecule has 0 radical (unpaired) electrons. The third-order valence-electron chi connectivity index (χ3n) is 4.18. The lowest BCUT2D eigenvalue weighted by atomic mass is 9.77. The summed E-state index contributed by atoms with van der Waals surface area (Å²) >= 11 is 3.42. The molecule has 0 bridgehead atoms. The highest BCUT2D eigenvalue weighted by Crippen LogP contribution is 2.34. The number of benzene rings is 1. The highest BCUT2D eigenvalue weighted by molar-refractivity contribution is 9.10. The molecule has 1 unspecified atom stereocenters. The zero-order valence-electron chi connectivity index (χ0n) is 12.9. The summed E-state index contributed by atoms with van der Waals surface area (Å²) in [7, 11) is 0. The molecule has 0 saturated heterocycles. The van der Waals surface area contributed by atoms with Crippen molar-refractivity contribution in [2.24, 2.45) is 5.92 Å². The maximum absolute atomic E-state index is 13.9. The summed E-state index contributed by atoms with van der Waals surface area (Å²) in [6, 6.07) is 5.52. The Kier molecular flexibility index (Phi) is 6.65. The zero-order chi connectivity index (χ0) is 15.2. The molecule has 118 valence electrons. The molecule has 21 heavy (non-hydrogen) atoms.